The van der Waals surface area contributed by atoms with Gasteiger partial charge in [0.25, 0.3) is 0 Å². The molecule has 1 saturated heterocycles. The molecule has 3 heterocycles. The first-order valence-electron chi connectivity index (χ1n) is 12.5. The Bertz CT molecular complexity index is 1070. The fourth-order valence-corrected chi connectivity index (χ4v) is 5.86. The van der Waals surface area contributed by atoms with Crippen LogP contribution < -0.4 is 0 Å². The van der Waals surface area contributed by atoms with Crippen LogP contribution in [-0.2, 0) is 4.79 Å². The van der Waals surface area contributed by atoms with Gasteiger partial charge in [-0.15, -0.1) is 0 Å². The van der Waals surface area contributed by atoms with Crippen molar-refractivity contribution in [3.63, 3.8) is 0 Å². The minimum Gasteiger partial charge on any atom is -0.464 e. The summed E-state index contributed by atoms with van der Waals surface area (Å²) >= 11 is 0. The molecule has 5 rings (SSSR count). The number of pyridine rings is 1. The van der Waals surface area contributed by atoms with Crippen molar-refractivity contribution in [3.05, 3.63) is 65.9 Å². The van der Waals surface area contributed by atoms with Crippen LogP contribution in [0.15, 0.2) is 53.3 Å². The maximum Gasteiger partial charge on any atom is 0.145 e. The summed E-state index contributed by atoms with van der Waals surface area (Å²) in [5, 5.41) is 0.966. The van der Waals surface area contributed by atoms with Gasteiger partial charge in [-0.3, -0.25) is 9.78 Å². The summed E-state index contributed by atoms with van der Waals surface area (Å²) in [6.07, 6.45) is 11.7. The lowest BCUT2D eigenvalue weighted by Gasteiger charge is -2.33. The van der Waals surface area contributed by atoms with E-state index in [4.69, 9.17) is 4.42 Å². The van der Waals surface area contributed by atoms with E-state index in [1.807, 2.05) is 24.3 Å². The van der Waals surface area contributed by atoms with Crippen molar-refractivity contribution in [2.45, 2.75) is 63.2 Å². The van der Waals surface area contributed by atoms with E-state index < -0.39 is 0 Å². The molecule has 1 aliphatic heterocycles. The lowest BCUT2D eigenvalue weighted by Crippen LogP contribution is -2.36. The number of benzene rings is 1. The summed E-state index contributed by atoms with van der Waals surface area (Å²) in [7, 11) is 0. The van der Waals surface area contributed by atoms with E-state index in [2.05, 4.69) is 9.88 Å². The Morgan fingerprint density at radius 2 is 1.88 bits per heavy atom. The standard InChI is InChI=1S/C28H33FN2O2/c29-24-10-9-22-14-19-33-28(22)26(24)20-11-16-31(17-12-20)18-13-23(25-8-4-5-15-30-25)27(32)21-6-2-1-3-7-21/h4-5,8-10,14-15,19-21,23H,1-3,6-7,11-13,16-18H2. The Morgan fingerprint density at radius 1 is 1.06 bits per heavy atom. The lowest BCUT2D eigenvalue weighted by molar-refractivity contribution is -0.125. The van der Waals surface area contributed by atoms with Gasteiger partial charge in [0.05, 0.1) is 17.9 Å². The first-order chi connectivity index (χ1) is 16.2. The van der Waals surface area contributed by atoms with Crippen molar-refractivity contribution < 1.29 is 13.6 Å². The molecule has 174 valence electrons. The molecule has 1 unspecified atom stereocenters. The average molecular weight is 449 g/mol. The van der Waals surface area contributed by atoms with Gasteiger partial charge < -0.3 is 9.32 Å². The van der Waals surface area contributed by atoms with Crippen LogP contribution in [0, 0.1) is 11.7 Å². The molecule has 2 aromatic heterocycles. The first-order valence-corrected chi connectivity index (χ1v) is 12.5. The van der Waals surface area contributed by atoms with Crippen LogP contribution in [0.5, 0.6) is 0 Å². The van der Waals surface area contributed by atoms with E-state index in [1.165, 1.54) is 6.42 Å². The number of aromatic nitrogens is 1. The van der Waals surface area contributed by atoms with Gasteiger partial charge in [-0.2, -0.15) is 0 Å². The Kier molecular flexibility index (Phi) is 6.86. The van der Waals surface area contributed by atoms with Gasteiger partial charge in [0.1, 0.15) is 17.2 Å². The van der Waals surface area contributed by atoms with Crippen LogP contribution in [0.1, 0.15) is 74.5 Å². The monoisotopic (exact) mass is 448 g/mol. The third-order valence-electron chi connectivity index (χ3n) is 7.73. The highest BCUT2D eigenvalue weighted by Gasteiger charge is 2.31. The molecule has 1 saturated carbocycles. The molecule has 0 amide bonds. The van der Waals surface area contributed by atoms with Crippen LogP contribution in [-0.4, -0.2) is 35.3 Å². The molecule has 0 radical (unpaired) electrons. The third-order valence-corrected chi connectivity index (χ3v) is 7.73. The molecule has 0 spiro atoms. The van der Waals surface area contributed by atoms with Crippen molar-refractivity contribution in [3.8, 4) is 0 Å². The van der Waals surface area contributed by atoms with E-state index in [9.17, 15) is 9.18 Å². The van der Waals surface area contributed by atoms with Crippen molar-refractivity contribution in [2.24, 2.45) is 5.92 Å². The van der Waals surface area contributed by atoms with Gasteiger partial charge in [0.2, 0.25) is 0 Å². The van der Waals surface area contributed by atoms with E-state index in [0.717, 1.165) is 81.2 Å². The van der Waals surface area contributed by atoms with Crippen LogP contribution in [0.2, 0.25) is 0 Å². The van der Waals surface area contributed by atoms with Crippen LogP contribution >= 0.6 is 0 Å². The predicted octanol–water partition coefficient (Wildman–Crippen LogP) is 6.47. The normalized spacial score (nSPS) is 19.7. The molecule has 2 fully saturated rings. The molecule has 2 aliphatic rings. The largest absolute Gasteiger partial charge is 0.464 e. The predicted molar refractivity (Wildman–Crippen MR) is 128 cm³/mol. The summed E-state index contributed by atoms with van der Waals surface area (Å²) in [5.41, 5.74) is 2.34. The van der Waals surface area contributed by atoms with Crippen LogP contribution in [0.4, 0.5) is 4.39 Å². The number of carbonyl (C=O) groups excluding carboxylic acids is 1. The quantitative estimate of drug-likeness (QED) is 0.416. The number of furan rings is 1. The van der Waals surface area contributed by atoms with Gasteiger partial charge in [0.15, 0.2) is 0 Å². The number of piperidine rings is 1. The zero-order chi connectivity index (χ0) is 22.6. The third kappa shape index (κ3) is 4.89. The Morgan fingerprint density at radius 3 is 2.64 bits per heavy atom. The maximum atomic E-state index is 14.7. The molecule has 3 aromatic rings. The average Bonchev–Trinajstić information content (AvgIpc) is 3.34. The lowest BCUT2D eigenvalue weighted by atomic mass is 9.79. The summed E-state index contributed by atoms with van der Waals surface area (Å²) in [4.78, 5) is 20.4. The molecule has 1 aliphatic carbocycles. The molecule has 0 N–H and O–H groups in total. The fraction of sp³-hybridized carbons (Fsp3) is 0.500. The van der Waals surface area contributed by atoms with Gasteiger partial charge in [0, 0.05) is 23.1 Å². The minimum atomic E-state index is -0.163. The van der Waals surface area contributed by atoms with Gasteiger partial charge in [-0.05, 0) is 88.0 Å². The zero-order valence-corrected chi connectivity index (χ0v) is 19.2. The van der Waals surface area contributed by atoms with Crippen molar-refractivity contribution >= 4 is 16.8 Å². The summed E-state index contributed by atoms with van der Waals surface area (Å²) in [6.45, 7) is 2.70. The van der Waals surface area contributed by atoms with Gasteiger partial charge in [-0.25, -0.2) is 4.39 Å². The number of hydrogen-bond donors (Lipinski definition) is 0. The van der Waals surface area contributed by atoms with Crippen molar-refractivity contribution in [1.29, 1.82) is 0 Å². The second kappa shape index (κ2) is 10.2. The summed E-state index contributed by atoms with van der Waals surface area (Å²) in [6, 6.07) is 11.1. The number of hydrogen-bond acceptors (Lipinski definition) is 4. The number of ketones is 1. The molecule has 0 bridgehead atoms. The number of carbonyl (C=O) groups is 1. The SMILES string of the molecule is O=C(C1CCCCC1)C(CCN1CCC(c2c(F)ccc3ccoc23)CC1)c1ccccn1. The second-order valence-corrected chi connectivity index (χ2v) is 9.75. The van der Waals surface area contributed by atoms with Crippen LogP contribution in [0.3, 0.4) is 0 Å². The smallest absolute Gasteiger partial charge is 0.145 e. The van der Waals surface area contributed by atoms with E-state index >= 15 is 0 Å². The molecular formula is C28H33FN2O2. The maximum absolute atomic E-state index is 14.7. The Hall–Kier alpha value is -2.53. The molecule has 33 heavy (non-hydrogen) atoms. The molecule has 5 heteroatoms. The van der Waals surface area contributed by atoms with Gasteiger partial charge in [-0.1, -0.05) is 25.3 Å². The van der Waals surface area contributed by atoms with E-state index in [-0.39, 0.29) is 23.6 Å². The minimum absolute atomic E-state index is 0.124. The molecule has 4 nitrogen and oxygen atoms in total. The zero-order valence-electron chi connectivity index (χ0n) is 19.2. The first kappa shape index (κ1) is 22.3. The van der Waals surface area contributed by atoms with Crippen LogP contribution in [0.25, 0.3) is 11.0 Å². The molecule has 1 atom stereocenters. The van der Waals surface area contributed by atoms with E-state index in [0.29, 0.717) is 11.4 Å². The number of Topliss-reactive ketones (excluding diaryl/α,β-unsaturated/α-hetero) is 1. The Labute approximate surface area is 195 Å². The Balaban J connectivity index is 1.23. The van der Waals surface area contributed by atoms with Crippen molar-refractivity contribution in [1.82, 2.24) is 9.88 Å². The summed E-state index contributed by atoms with van der Waals surface area (Å²) in [5.74, 6) is 0.459. The number of nitrogens with zero attached hydrogens (tertiary/aromatic N) is 2. The number of fused-ring (bicyclic) bond motifs is 1. The number of halogens is 1. The number of rotatable bonds is 7. The highest BCUT2D eigenvalue weighted by molar-refractivity contribution is 5.87. The molecular weight excluding hydrogens is 415 g/mol. The second-order valence-electron chi connectivity index (χ2n) is 9.75. The highest BCUT2D eigenvalue weighted by Crippen LogP contribution is 2.36. The fourth-order valence-electron chi connectivity index (χ4n) is 5.86. The topological polar surface area (TPSA) is 46.3 Å². The highest BCUT2D eigenvalue weighted by atomic mass is 19.1. The van der Waals surface area contributed by atoms with E-state index in [1.54, 1.807) is 24.6 Å². The van der Waals surface area contributed by atoms with Gasteiger partial charge >= 0.3 is 0 Å². The van der Waals surface area contributed by atoms with Crippen molar-refractivity contribution in [2.75, 3.05) is 19.6 Å². The summed E-state index contributed by atoms with van der Waals surface area (Å²) < 4.78 is 20.3. The molecule has 1 aromatic carbocycles. The number of likely N-dealkylation sites (tertiary alicyclic amines) is 1.